The van der Waals surface area contributed by atoms with Crippen LogP contribution in [0.3, 0.4) is 0 Å². The van der Waals surface area contributed by atoms with Crippen molar-refractivity contribution in [1.29, 1.82) is 0 Å². The maximum absolute atomic E-state index is 10.4. The van der Waals surface area contributed by atoms with Gasteiger partial charge in [0.15, 0.2) is 11.1 Å². The minimum absolute atomic E-state index is 0.270. The van der Waals surface area contributed by atoms with E-state index < -0.39 is 11.1 Å². The van der Waals surface area contributed by atoms with Gasteiger partial charge in [-0.2, -0.15) is 0 Å². The molecule has 0 heterocycles. The number of rotatable bonds is 4. The molecule has 0 saturated carbocycles. The van der Waals surface area contributed by atoms with E-state index in [0.29, 0.717) is 5.88 Å². The van der Waals surface area contributed by atoms with Crippen molar-refractivity contribution >= 4 is 22.7 Å². The first kappa shape index (κ1) is 10.6. The van der Waals surface area contributed by atoms with Crippen LogP contribution in [0.5, 0.6) is 0 Å². The van der Waals surface area contributed by atoms with E-state index in [1.54, 1.807) is 12.2 Å². The lowest BCUT2D eigenvalue weighted by molar-refractivity contribution is 0.572. The van der Waals surface area contributed by atoms with Crippen molar-refractivity contribution in [2.45, 2.75) is 0 Å². The number of alkyl halides is 1. The normalized spacial score (nSPS) is 15.3. The van der Waals surface area contributed by atoms with Gasteiger partial charge in [-0.1, -0.05) is 24.8 Å². The molecule has 1 atom stereocenters. The van der Waals surface area contributed by atoms with Gasteiger partial charge in [-0.25, -0.2) is 4.21 Å². The van der Waals surface area contributed by atoms with Crippen molar-refractivity contribution in [3.63, 3.8) is 0 Å². The van der Waals surface area contributed by atoms with Gasteiger partial charge >= 0.3 is 0 Å². The molecule has 62 valence electrons. The monoisotopic (exact) mass is 192 g/mol. The molecule has 0 rings (SSSR count). The minimum Gasteiger partial charge on any atom is -0.302 e. The topological polar surface area (TPSA) is 37.3 Å². The van der Waals surface area contributed by atoms with Crippen LogP contribution in [0.15, 0.2) is 35.8 Å². The first-order chi connectivity index (χ1) is 5.22. The number of hydrogen-bond donors (Lipinski definition) is 1. The van der Waals surface area contributed by atoms with Gasteiger partial charge in [0.2, 0.25) is 0 Å². The average Bonchev–Trinajstić information content (AvgIpc) is 1.97. The standard InChI is InChI=1S/C7H9ClO2S/c1-2-7(11(9)10)5-3-4-6-8/h2-5H,1,6H2,(H,9,10)/b4-3-,7-5+. The van der Waals surface area contributed by atoms with Crippen LogP contribution in [0.4, 0.5) is 0 Å². The summed E-state index contributed by atoms with van der Waals surface area (Å²) in [6.07, 6.45) is 6.09. The zero-order valence-corrected chi connectivity index (χ0v) is 7.44. The molecule has 0 fully saturated rings. The zero-order chi connectivity index (χ0) is 8.69. The molecule has 11 heavy (non-hydrogen) atoms. The van der Waals surface area contributed by atoms with E-state index in [2.05, 4.69) is 6.58 Å². The Balaban J connectivity index is 4.24. The molecule has 0 aromatic heterocycles. The highest BCUT2D eigenvalue weighted by molar-refractivity contribution is 7.83. The molecule has 1 N–H and O–H groups in total. The third kappa shape index (κ3) is 4.95. The number of hydrogen-bond acceptors (Lipinski definition) is 1. The third-order valence-corrected chi connectivity index (χ3v) is 1.77. The Morgan fingerprint density at radius 2 is 2.36 bits per heavy atom. The fourth-order valence-electron chi connectivity index (χ4n) is 0.412. The van der Waals surface area contributed by atoms with E-state index in [9.17, 15) is 4.21 Å². The summed E-state index contributed by atoms with van der Waals surface area (Å²) >= 11 is 3.37. The van der Waals surface area contributed by atoms with Gasteiger partial charge in [0.05, 0.1) is 4.91 Å². The van der Waals surface area contributed by atoms with Crippen molar-refractivity contribution in [3.8, 4) is 0 Å². The van der Waals surface area contributed by atoms with Gasteiger partial charge in [0, 0.05) is 5.88 Å². The molecular formula is C7H9ClO2S. The SMILES string of the molecule is C=C/C(=C\C=C/CCl)S(=O)O. The van der Waals surface area contributed by atoms with Crippen LogP contribution >= 0.6 is 11.6 Å². The van der Waals surface area contributed by atoms with E-state index >= 15 is 0 Å². The van der Waals surface area contributed by atoms with Crippen LogP contribution in [-0.2, 0) is 11.1 Å². The lowest BCUT2D eigenvalue weighted by Gasteiger charge is -1.89. The van der Waals surface area contributed by atoms with Crippen molar-refractivity contribution < 1.29 is 8.76 Å². The fraction of sp³-hybridized carbons (Fsp3) is 0.143. The van der Waals surface area contributed by atoms with Gasteiger partial charge in [-0.05, 0) is 6.08 Å². The molecule has 0 bridgehead atoms. The zero-order valence-electron chi connectivity index (χ0n) is 5.87. The second kappa shape index (κ2) is 6.34. The van der Waals surface area contributed by atoms with Gasteiger partial charge in [-0.3, -0.25) is 0 Å². The van der Waals surface area contributed by atoms with Gasteiger partial charge in [0.25, 0.3) is 0 Å². The second-order valence-electron chi connectivity index (χ2n) is 1.60. The highest BCUT2D eigenvalue weighted by Crippen LogP contribution is 2.00. The van der Waals surface area contributed by atoms with Crippen LogP contribution < -0.4 is 0 Å². The van der Waals surface area contributed by atoms with E-state index in [1.165, 1.54) is 12.2 Å². The maximum atomic E-state index is 10.4. The first-order valence-corrected chi connectivity index (χ1v) is 4.52. The Morgan fingerprint density at radius 1 is 1.73 bits per heavy atom. The summed E-state index contributed by atoms with van der Waals surface area (Å²) in [7, 11) is 0. The summed E-state index contributed by atoms with van der Waals surface area (Å²) < 4.78 is 19.0. The molecule has 0 radical (unpaired) electrons. The maximum Gasteiger partial charge on any atom is 0.186 e. The van der Waals surface area contributed by atoms with Gasteiger partial charge < -0.3 is 4.55 Å². The summed E-state index contributed by atoms with van der Waals surface area (Å²) in [5, 5.41) is 0. The average molecular weight is 193 g/mol. The molecule has 0 spiro atoms. The highest BCUT2D eigenvalue weighted by atomic mass is 35.5. The largest absolute Gasteiger partial charge is 0.302 e. The van der Waals surface area contributed by atoms with Crippen molar-refractivity contribution in [1.82, 2.24) is 0 Å². The third-order valence-electron chi connectivity index (χ3n) is 0.888. The summed E-state index contributed by atoms with van der Waals surface area (Å²) in [5.41, 5.74) is 0. The van der Waals surface area contributed by atoms with Gasteiger partial charge in [0.1, 0.15) is 0 Å². The Labute approximate surface area is 73.5 Å². The fourth-order valence-corrected chi connectivity index (χ4v) is 0.852. The van der Waals surface area contributed by atoms with Crippen LogP contribution in [0.2, 0.25) is 0 Å². The summed E-state index contributed by atoms with van der Waals surface area (Å²) in [5.74, 6) is 0.388. The molecule has 0 aliphatic heterocycles. The number of halogens is 1. The smallest absolute Gasteiger partial charge is 0.186 e. The molecule has 4 heteroatoms. The Morgan fingerprint density at radius 3 is 2.73 bits per heavy atom. The lowest BCUT2D eigenvalue weighted by atomic mass is 10.4. The van der Waals surface area contributed by atoms with Crippen LogP contribution in [0.25, 0.3) is 0 Å². The van der Waals surface area contributed by atoms with Crippen molar-refractivity contribution in [3.05, 3.63) is 35.8 Å². The van der Waals surface area contributed by atoms with E-state index in [4.69, 9.17) is 16.2 Å². The predicted molar refractivity (Wildman–Crippen MR) is 48.9 cm³/mol. The van der Waals surface area contributed by atoms with Gasteiger partial charge in [-0.15, -0.1) is 11.6 Å². The molecule has 0 aromatic carbocycles. The highest BCUT2D eigenvalue weighted by Gasteiger charge is 1.94. The van der Waals surface area contributed by atoms with Crippen molar-refractivity contribution in [2.24, 2.45) is 0 Å². The Bertz CT molecular complexity index is 208. The molecule has 0 aliphatic carbocycles. The van der Waals surface area contributed by atoms with Crippen LogP contribution in [-0.4, -0.2) is 14.6 Å². The quantitative estimate of drug-likeness (QED) is 0.421. The molecule has 1 unspecified atom stereocenters. The Hall–Kier alpha value is -0.380. The summed E-state index contributed by atoms with van der Waals surface area (Å²) in [6.45, 7) is 3.37. The number of allylic oxidation sites excluding steroid dienone is 4. The van der Waals surface area contributed by atoms with E-state index in [0.717, 1.165) is 0 Å². The summed E-state index contributed by atoms with van der Waals surface area (Å²) in [4.78, 5) is 0.270. The predicted octanol–water partition coefficient (Wildman–Crippen LogP) is 2.07. The summed E-state index contributed by atoms with van der Waals surface area (Å²) in [6, 6.07) is 0. The molecule has 0 aliphatic rings. The molecule has 0 aromatic rings. The van der Waals surface area contributed by atoms with Crippen molar-refractivity contribution in [2.75, 3.05) is 5.88 Å². The molecule has 0 amide bonds. The molecule has 0 saturated heterocycles. The van der Waals surface area contributed by atoms with Crippen LogP contribution in [0, 0.1) is 0 Å². The Kier molecular flexibility index (Phi) is 6.12. The van der Waals surface area contributed by atoms with Crippen LogP contribution in [0.1, 0.15) is 0 Å². The first-order valence-electron chi connectivity index (χ1n) is 2.88. The lowest BCUT2D eigenvalue weighted by Crippen LogP contribution is -1.87. The molecular weight excluding hydrogens is 184 g/mol. The second-order valence-corrected chi connectivity index (χ2v) is 2.88. The van der Waals surface area contributed by atoms with E-state index in [-0.39, 0.29) is 4.91 Å². The minimum atomic E-state index is -1.96. The molecule has 2 nitrogen and oxygen atoms in total. The van der Waals surface area contributed by atoms with E-state index in [1.807, 2.05) is 0 Å².